The summed E-state index contributed by atoms with van der Waals surface area (Å²) in [7, 11) is 0. The lowest BCUT2D eigenvalue weighted by molar-refractivity contribution is 0.101. The quantitative estimate of drug-likeness (QED) is 0.727. The predicted molar refractivity (Wildman–Crippen MR) is 93.5 cm³/mol. The Kier molecular flexibility index (Phi) is 3.35. The van der Waals surface area contributed by atoms with Crippen LogP contribution in [0.3, 0.4) is 0 Å². The Bertz CT molecular complexity index is 942. The van der Waals surface area contributed by atoms with Gasteiger partial charge in [0.1, 0.15) is 11.6 Å². The number of anilines is 1. The molecule has 0 saturated heterocycles. The third-order valence-electron chi connectivity index (χ3n) is 3.90. The van der Waals surface area contributed by atoms with Crippen molar-refractivity contribution >= 4 is 17.7 Å². The Morgan fingerprint density at radius 1 is 0.917 bits per heavy atom. The number of benzene rings is 2. The van der Waals surface area contributed by atoms with Gasteiger partial charge in [-0.3, -0.25) is 4.79 Å². The van der Waals surface area contributed by atoms with Gasteiger partial charge in [0.2, 0.25) is 5.78 Å². The van der Waals surface area contributed by atoms with Crippen LogP contribution in [0.2, 0.25) is 0 Å². The van der Waals surface area contributed by atoms with Crippen molar-refractivity contribution in [2.45, 2.75) is 0 Å². The number of nitrogens with two attached hydrogens (primary N) is 1. The van der Waals surface area contributed by atoms with Crippen molar-refractivity contribution in [2.24, 2.45) is 0 Å². The highest BCUT2D eigenvalue weighted by Gasteiger charge is 2.26. The van der Waals surface area contributed by atoms with E-state index in [4.69, 9.17) is 10.5 Å². The van der Waals surface area contributed by atoms with Gasteiger partial charge in [-0.1, -0.05) is 36.4 Å². The van der Waals surface area contributed by atoms with E-state index in [9.17, 15) is 4.79 Å². The van der Waals surface area contributed by atoms with Gasteiger partial charge in [-0.2, -0.15) is 0 Å². The topological polar surface area (TPSA) is 65.2 Å². The molecule has 4 rings (SSSR count). The molecule has 4 nitrogen and oxygen atoms in total. The average Bonchev–Trinajstić information content (AvgIpc) is 2.93. The molecular formula is C20H14N2O2. The number of aromatic nitrogens is 1. The maximum absolute atomic E-state index is 12.3. The number of pyridine rings is 1. The molecule has 0 aliphatic carbocycles. The number of fused-ring (bicyclic) bond motifs is 1. The van der Waals surface area contributed by atoms with Gasteiger partial charge in [0.05, 0.1) is 5.56 Å². The van der Waals surface area contributed by atoms with E-state index in [1.807, 2.05) is 42.5 Å². The van der Waals surface area contributed by atoms with Crippen LogP contribution in [0.1, 0.15) is 15.9 Å². The number of nitrogen functional groups attached to an aromatic ring is 1. The molecule has 1 aromatic heterocycles. The van der Waals surface area contributed by atoms with Crippen molar-refractivity contribution in [1.29, 1.82) is 0 Å². The highest BCUT2D eigenvalue weighted by Crippen LogP contribution is 2.31. The second-order valence-electron chi connectivity index (χ2n) is 5.53. The van der Waals surface area contributed by atoms with Crippen molar-refractivity contribution in [2.75, 3.05) is 5.73 Å². The number of para-hydroxylation sites is 1. The van der Waals surface area contributed by atoms with E-state index >= 15 is 0 Å². The lowest BCUT2D eigenvalue weighted by atomic mass is 10.0. The highest BCUT2D eigenvalue weighted by atomic mass is 16.5. The fourth-order valence-corrected chi connectivity index (χ4v) is 2.64. The van der Waals surface area contributed by atoms with Gasteiger partial charge < -0.3 is 10.5 Å². The smallest absolute Gasteiger partial charge is 0.231 e. The normalized spacial score (nSPS) is 14.5. The van der Waals surface area contributed by atoms with Crippen LogP contribution in [0.4, 0.5) is 5.82 Å². The Morgan fingerprint density at radius 3 is 2.38 bits per heavy atom. The summed E-state index contributed by atoms with van der Waals surface area (Å²) >= 11 is 0. The summed E-state index contributed by atoms with van der Waals surface area (Å²) < 4.78 is 5.64. The standard InChI is InChI=1S/C20H14N2O2/c21-19-10-9-15(12-22-19)14-7-5-13(6-8-14)11-18-20(23)16-3-1-2-4-17(16)24-18/h1-12H,(H2,21,22)/b18-11-. The second kappa shape index (κ2) is 5.66. The van der Waals surface area contributed by atoms with Crippen LogP contribution in [0.25, 0.3) is 17.2 Å². The predicted octanol–water partition coefficient (Wildman–Crippen LogP) is 3.95. The number of nitrogens with zero attached hydrogens (tertiary/aromatic N) is 1. The van der Waals surface area contributed by atoms with Crippen molar-refractivity contribution in [3.8, 4) is 16.9 Å². The molecule has 4 heteroatoms. The monoisotopic (exact) mass is 314 g/mol. The third kappa shape index (κ3) is 2.54. The fraction of sp³-hybridized carbons (Fsp3) is 0. The molecule has 1 aliphatic rings. The fourth-order valence-electron chi connectivity index (χ4n) is 2.64. The first-order chi connectivity index (χ1) is 11.7. The summed E-state index contributed by atoms with van der Waals surface area (Å²) in [5.74, 6) is 1.37. The van der Waals surface area contributed by atoms with Crippen molar-refractivity contribution in [1.82, 2.24) is 4.98 Å². The third-order valence-corrected chi connectivity index (χ3v) is 3.90. The summed E-state index contributed by atoms with van der Waals surface area (Å²) in [5.41, 5.74) is 9.13. The molecule has 0 bridgehead atoms. The van der Waals surface area contributed by atoms with Crippen LogP contribution in [-0.2, 0) is 0 Å². The van der Waals surface area contributed by atoms with Crippen LogP contribution >= 0.6 is 0 Å². The lowest BCUT2D eigenvalue weighted by Gasteiger charge is -2.03. The minimum Gasteiger partial charge on any atom is -0.452 e. The van der Waals surface area contributed by atoms with Crippen molar-refractivity contribution < 1.29 is 9.53 Å². The zero-order valence-electron chi connectivity index (χ0n) is 12.8. The van der Waals surface area contributed by atoms with Gasteiger partial charge in [-0.15, -0.1) is 0 Å². The molecule has 0 unspecified atom stereocenters. The number of carbonyl (C=O) groups excluding carboxylic acids is 1. The maximum atomic E-state index is 12.3. The van der Waals surface area contributed by atoms with Crippen LogP contribution in [0.5, 0.6) is 5.75 Å². The van der Waals surface area contributed by atoms with E-state index in [0.717, 1.165) is 16.7 Å². The largest absolute Gasteiger partial charge is 0.452 e. The maximum Gasteiger partial charge on any atom is 0.231 e. The highest BCUT2D eigenvalue weighted by molar-refractivity contribution is 6.14. The molecule has 0 amide bonds. The molecule has 0 saturated carbocycles. The Hall–Kier alpha value is -3.40. The van der Waals surface area contributed by atoms with Gasteiger partial charge >= 0.3 is 0 Å². The number of carbonyl (C=O) groups is 1. The van der Waals surface area contributed by atoms with Gasteiger partial charge in [0, 0.05) is 11.8 Å². The summed E-state index contributed by atoms with van der Waals surface area (Å²) in [6, 6.07) is 18.8. The molecule has 1 aliphatic heterocycles. The molecule has 2 heterocycles. The minimum atomic E-state index is -0.0857. The number of ketones is 1. The van der Waals surface area contributed by atoms with E-state index in [1.54, 1.807) is 30.5 Å². The Balaban J connectivity index is 1.60. The van der Waals surface area contributed by atoms with Crippen molar-refractivity contribution in [3.63, 3.8) is 0 Å². The molecule has 0 radical (unpaired) electrons. The minimum absolute atomic E-state index is 0.0857. The Labute approximate surface area is 139 Å². The number of hydrogen-bond donors (Lipinski definition) is 1. The van der Waals surface area contributed by atoms with Gasteiger partial charge in [0.25, 0.3) is 0 Å². The number of allylic oxidation sites excluding steroid dienone is 1. The summed E-state index contributed by atoms with van der Waals surface area (Å²) in [4.78, 5) is 16.4. The first kappa shape index (κ1) is 14.2. The number of hydrogen-bond acceptors (Lipinski definition) is 4. The van der Waals surface area contributed by atoms with Crippen LogP contribution < -0.4 is 10.5 Å². The van der Waals surface area contributed by atoms with Gasteiger partial charge in [-0.05, 0) is 41.5 Å². The number of rotatable bonds is 2. The zero-order chi connectivity index (χ0) is 16.5. The van der Waals surface area contributed by atoms with Crippen molar-refractivity contribution in [3.05, 3.63) is 83.7 Å². The lowest BCUT2D eigenvalue weighted by Crippen LogP contribution is -1.97. The van der Waals surface area contributed by atoms with E-state index in [-0.39, 0.29) is 5.78 Å². The zero-order valence-corrected chi connectivity index (χ0v) is 12.8. The molecule has 2 N–H and O–H groups in total. The van der Waals surface area contributed by atoms with E-state index < -0.39 is 0 Å². The first-order valence-electron chi connectivity index (χ1n) is 7.56. The molecular weight excluding hydrogens is 300 g/mol. The number of Topliss-reactive ketones (excluding diaryl/α,β-unsaturated/α-hetero) is 1. The summed E-state index contributed by atoms with van der Waals surface area (Å²) in [5, 5.41) is 0. The summed E-state index contributed by atoms with van der Waals surface area (Å²) in [6.45, 7) is 0. The van der Waals surface area contributed by atoms with Gasteiger partial charge in [-0.25, -0.2) is 4.98 Å². The SMILES string of the molecule is Nc1ccc(-c2ccc(/C=C3\Oc4ccccc4C3=O)cc2)cn1. The molecule has 2 aromatic carbocycles. The summed E-state index contributed by atoms with van der Waals surface area (Å²) in [6.07, 6.45) is 3.50. The molecule has 0 fully saturated rings. The van der Waals surface area contributed by atoms with E-state index in [2.05, 4.69) is 4.98 Å². The Morgan fingerprint density at radius 2 is 1.67 bits per heavy atom. The van der Waals surface area contributed by atoms with Crippen LogP contribution in [0, 0.1) is 0 Å². The molecule has 116 valence electrons. The molecule has 24 heavy (non-hydrogen) atoms. The van der Waals surface area contributed by atoms with E-state index in [1.165, 1.54) is 0 Å². The second-order valence-corrected chi connectivity index (χ2v) is 5.53. The van der Waals surface area contributed by atoms with Gasteiger partial charge in [0.15, 0.2) is 5.76 Å². The molecule has 0 spiro atoms. The molecule has 0 atom stereocenters. The van der Waals surface area contributed by atoms with Crippen LogP contribution in [-0.4, -0.2) is 10.8 Å². The van der Waals surface area contributed by atoms with E-state index in [0.29, 0.717) is 22.9 Å². The van der Waals surface area contributed by atoms with Crippen LogP contribution in [0.15, 0.2) is 72.6 Å². The molecule has 3 aromatic rings. The average molecular weight is 314 g/mol. The first-order valence-corrected chi connectivity index (χ1v) is 7.56. The number of ether oxygens (including phenoxy) is 1.